The lowest BCUT2D eigenvalue weighted by Crippen LogP contribution is -2.41. The van der Waals surface area contributed by atoms with E-state index < -0.39 is 10.0 Å². The number of ether oxygens (including phenoxy) is 4. The van der Waals surface area contributed by atoms with Gasteiger partial charge in [0, 0.05) is 38.1 Å². The molecule has 4 aromatic rings. The summed E-state index contributed by atoms with van der Waals surface area (Å²) >= 11 is 6.38. The van der Waals surface area contributed by atoms with Crippen molar-refractivity contribution in [3.63, 3.8) is 0 Å². The molecule has 0 spiro atoms. The van der Waals surface area contributed by atoms with Gasteiger partial charge in [0.25, 0.3) is 0 Å². The molecule has 4 aromatic carbocycles. The molecule has 9 nitrogen and oxygen atoms in total. The topological polar surface area (TPSA) is 94.6 Å². The zero-order valence-corrected chi connectivity index (χ0v) is 31.6. The number of methoxy groups -OCH3 is 2. The van der Waals surface area contributed by atoms with Gasteiger partial charge >= 0.3 is 5.97 Å². The molecule has 0 unspecified atom stereocenters. The highest BCUT2D eigenvalue weighted by atomic mass is 35.5. The van der Waals surface area contributed by atoms with Gasteiger partial charge in [0.05, 0.1) is 31.4 Å². The summed E-state index contributed by atoms with van der Waals surface area (Å²) in [5, 5.41) is 0.697. The minimum atomic E-state index is -4.02. The molecule has 11 heteroatoms. The first-order valence-corrected chi connectivity index (χ1v) is 19.6. The van der Waals surface area contributed by atoms with E-state index in [1.165, 1.54) is 11.2 Å². The highest BCUT2D eigenvalue weighted by Crippen LogP contribution is 2.40. The summed E-state index contributed by atoms with van der Waals surface area (Å²) in [6.07, 6.45) is 4.71. The van der Waals surface area contributed by atoms with Crippen LogP contribution in [0.25, 0.3) is 0 Å². The molecule has 0 radical (unpaired) electrons. The molecular formula is C41H47ClN2O7S. The number of hydrogen-bond acceptors (Lipinski definition) is 8. The van der Waals surface area contributed by atoms with Gasteiger partial charge in [-0.2, -0.15) is 4.31 Å². The zero-order chi connectivity index (χ0) is 36.7. The summed E-state index contributed by atoms with van der Waals surface area (Å²) in [5.41, 5.74) is 4.63. The van der Waals surface area contributed by atoms with Crippen molar-refractivity contribution in [2.24, 2.45) is 11.8 Å². The number of carbonyl (C=O) groups is 1. The summed E-state index contributed by atoms with van der Waals surface area (Å²) in [6.45, 7) is 3.91. The van der Waals surface area contributed by atoms with Gasteiger partial charge in [-0.3, -0.25) is 4.79 Å². The molecule has 0 bridgehead atoms. The average molecular weight is 747 g/mol. The molecule has 0 amide bonds. The van der Waals surface area contributed by atoms with E-state index >= 15 is 0 Å². The first-order chi connectivity index (χ1) is 25.1. The normalized spacial score (nSPS) is 17.5. The van der Waals surface area contributed by atoms with Crippen LogP contribution < -0.4 is 19.1 Å². The van der Waals surface area contributed by atoms with Gasteiger partial charge in [-0.15, -0.1) is 0 Å². The van der Waals surface area contributed by atoms with Crippen LogP contribution >= 0.6 is 11.6 Å². The highest BCUT2D eigenvalue weighted by Gasteiger charge is 2.34. The quantitative estimate of drug-likeness (QED) is 0.135. The number of anilines is 1. The van der Waals surface area contributed by atoms with Crippen molar-refractivity contribution >= 4 is 33.3 Å². The van der Waals surface area contributed by atoms with Crippen molar-refractivity contribution in [1.29, 1.82) is 0 Å². The molecule has 276 valence electrons. The smallest absolute Gasteiger partial charge is 0.302 e. The molecule has 6 rings (SSSR count). The zero-order valence-electron chi connectivity index (χ0n) is 30.1. The molecule has 1 heterocycles. The molecule has 52 heavy (non-hydrogen) atoms. The van der Waals surface area contributed by atoms with Crippen molar-refractivity contribution < 1.29 is 32.2 Å². The van der Waals surface area contributed by atoms with E-state index in [9.17, 15) is 13.2 Å². The van der Waals surface area contributed by atoms with Gasteiger partial charge in [-0.25, -0.2) is 8.42 Å². The van der Waals surface area contributed by atoms with Gasteiger partial charge in [0.1, 0.15) is 23.9 Å². The maximum absolute atomic E-state index is 14.8. The first kappa shape index (κ1) is 37.5. The monoisotopic (exact) mass is 746 g/mol. The minimum Gasteiger partial charge on any atom is -0.497 e. The number of esters is 1. The van der Waals surface area contributed by atoms with Crippen LogP contribution in [0.3, 0.4) is 0 Å². The lowest BCUT2D eigenvalue weighted by molar-refractivity contribution is -0.144. The third-order valence-corrected chi connectivity index (χ3v) is 12.2. The van der Waals surface area contributed by atoms with Crippen LogP contribution in [-0.2, 0) is 45.7 Å². The van der Waals surface area contributed by atoms with Gasteiger partial charge in [0.15, 0.2) is 0 Å². The number of aryl methyl sites for hydroxylation is 1. The number of benzene rings is 4. The molecule has 1 saturated carbocycles. The van der Waals surface area contributed by atoms with E-state index in [0.717, 1.165) is 60.0 Å². The molecule has 0 saturated heterocycles. The standard InChI is InChI=1S/C41H47ClN2O7S/c1-29(45)50-27-35-12-11-33(35)26-43-21-5-4-6-32-22-36(42)14-13-34(32)28-51-41-20-19-39(23-40(41)43)52(46,47)44(24-30-7-15-37(48-2)16-8-30)25-31-9-17-38(49-3)18-10-31/h7-10,13-20,22-23,33,35H,4-6,11-12,21,24-28H2,1-3H3/t33-,35-/m0/s1. The number of rotatable bonds is 12. The molecule has 2 aliphatic rings. The number of fused-ring (bicyclic) bond motifs is 2. The summed E-state index contributed by atoms with van der Waals surface area (Å²) in [6, 6.07) is 26.0. The molecule has 1 aliphatic carbocycles. The van der Waals surface area contributed by atoms with Crippen molar-refractivity contribution in [3.05, 3.63) is 112 Å². The molecule has 1 aliphatic heterocycles. The van der Waals surface area contributed by atoms with E-state index in [1.807, 2.05) is 66.7 Å². The van der Waals surface area contributed by atoms with Gasteiger partial charge in [0.2, 0.25) is 10.0 Å². The molecule has 0 aromatic heterocycles. The summed E-state index contributed by atoms with van der Waals surface area (Å²) in [7, 11) is -0.807. The number of hydrogen-bond donors (Lipinski definition) is 0. The van der Waals surface area contributed by atoms with Crippen molar-refractivity contribution in [3.8, 4) is 17.2 Å². The number of carbonyl (C=O) groups excluding carboxylic acids is 1. The van der Waals surface area contributed by atoms with Crippen LogP contribution in [0.4, 0.5) is 5.69 Å². The number of nitrogens with zero attached hydrogens (tertiary/aromatic N) is 2. The number of sulfonamides is 1. The first-order valence-electron chi connectivity index (χ1n) is 17.8. The molecular weight excluding hydrogens is 700 g/mol. The summed E-state index contributed by atoms with van der Waals surface area (Å²) in [4.78, 5) is 14.1. The second kappa shape index (κ2) is 17.1. The highest BCUT2D eigenvalue weighted by molar-refractivity contribution is 7.89. The van der Waals surface area contributed by atoms with Crippen LogP contribution in [0.15, 0.2) is 89.8 Å². The van der Waals surface area contributed by atoms with Crippen LogP contribution in [-0.4, -0.2) is 52.6 Å². The fourth-order valence-corrected chi connectivity index (χ4v) is 8.56. The lowest BCUT2D eigenvalue weighted by atomic mass is 9.73. The third-order valence-electron chi connectivity index (χ3n) is 10.2. The lowest BCUT2D eigenvalue weighted by Gasteiger charge is -2.40. The fraction of sp³-hybridized carbons (Fsp3) is 0.390. The van der Waals surface area contributed by atoms with Crippen LogP contribution in [0.1, 0.15) is 54.9 Å². The Morgan fingerprint density at radius 3 is 2.10 bits per heavy atom. The van der Waals surface area contributed by atoms with Crippen molar-refractivity contribution in [2.45, 2.75) is 63.6 Å². The minimum absolute atomic E-state index is 0.162. The van der Waals surface area contributed by atoms with E-state index in [2.05, 4.69) is 4.90 Å². The van der Waals surface area contributed by atoms with Crippen molar-refractivity contribution in [2.75, 3.05) is 38.8 Å². The Bertz CT molecular complexity index is 1890. The second-order valence-corrected chi connectivity index (χ2v) is 16.0. The molecule has 0 N–H and O–H groups in total. The second-order valence-electron chi connectivity index (χ2n) is 13.6. The maximum atomic E-state index is 14.8. The maximum Gasteiger partial charge on any atom is 0.302 e. The van der Waals surface area contributed by atoms with E-state index in [-0.39, 0.29) is 29.9 Å². The summed E-state index contributed by atoms with van der Waals surface area (Å²) < 4.78 is 53.6. The van der Waals surface area contributed by atoms with Gasteiger partial charge in [-0.05, 0) is 121 Å². The Balaban J connectivity index is 1.36. The Kier molecular flexibility index (Phi) is 12.3. The molecule has 1 fully saturated rings. The van der Waals surface area contributed by atoms with Crippen LogP contribution in [0.5, 0.6) is 17.2 Å². The Morgan fingerprint density at radius 1 is 0.846 bits per heavy atom. The average Bonchev–Trinajstić information content (AvgIpc) is 3.16. The van der Waals surface area contributed by atoms with Gasteiger partial charge < -0.3 is 23.8 Å². The predicted molar refractivity (Wildman–Crippen MR) is 203 cm³/mol. The predicted octanol–water partition coefficient (Wildman–Crippen LogP) is 8.06. The van der Waals surface area contributed by atoms with Crippen LogP contribution in [0.2, 0.25) is 5.02 Å². The Labute approximate surface area is 312 Å². The SMILES string of the molecule is COc1ccc(CN(Cc2ccc(OC)cc2)S(=O)(=O)c2ccc3c(c2)N(C[C@@H]2CC[C@H]2COC(C)=O)CCCCc2cc(Cl)ccc2CO3)cc1. The summed E-state index contributed by atoms with van der Waals surface area (Å²) in [5.74, 6) is 2.30. The van der Waals surface area contributed by atoms with Crippen molar-refractivity contribution in [1.82, 2.24) is 4.31 Å². The van der Waals surface area contributed by atoms with Gasteiger partial charge in [-0.1, -0.05) is 41.9 Å². The Morgan fingerprint density at radius 2 is 1.50 bits per heavy atom. The van der Waals surface area contributed by atoms with E-state index in [4.69, 9.17) is 30.5 Å². The number of halogens is 1. The van der Waals surface area contributed by atoms with E-state index in [1.54, 1.807) is 32.4 Å². The fourth-order valence-electron chi connectivity index (χ4n) is 6.93. The molecule has 2 atom stereocenters. The third kappa shape index (κ3) is 9.21. The Hall–Kier alpha value is -4.25. The van der Waals surface area contributed by atoms with E-state index in [0.29, 0.717) is 54.5 Å². The van der Waals surface area contributed by atoms with Crippen LogP contribution in [0, 0.1) is 11.8 Å². The largest absolute Gasteiger partial charge is 0.497 e.